The molecule has 8 heteroatoms. The molecule has 0 unspecified atom stereocenters. The van der Waals surface area contributed by atoms with Crippen molar-refractivity contribution in [3.8, 4) is 0 Å². The van der Waals surface area contributed by atoms with Gasteiger partial charge < -0.3 is 9.80 Å². The molecule has 0 spiro atoms. The number of anilines is 3. The lowest BCUT2D eigenvalue weighted by Gasteiger charge is -2.21. The molecule has 4 rings (SSSR count). The van der Waals surface area contributed by atoms with E-state index in [4.69, 9.17) is 0 Å². The number of halogens is 3. The summed E-state index contributed by atoms with van der Waals surface area (Å²) in [5.74, 6) is -3.25. The lowest BCUT2D eigenvalue weighted by Crippen LogP contribution is -2.29. The summed E-state index contributed by atoms with van der Waals surface area (Å²) in [6.45, 7) is 3.19. The van der Waals surface area contributed by atoms with Crippen LogP contribution in [0.4, 0.5) is 30.4 Å². The first-order chi connectivity index (χ1) is 14.0. The smallest absolute Gasteiger partial charge is 0.194 e. The van der Waals surface area contributed by atoms with Crippen LogP contribution in [0.2, 0.25) is 0 Å². The van der Waals surface area contributed by atoms with Gasteiger partial charge >= 0.3 is 0 Å². The number of pyridine rings is 1. The molecule has 152 valence electrons. The normalized spacial score (nSPS) is 13.2. The van der Waals surface area contributed by atoms with Gasteiger partial charge in [-0.25, -0.2) is 18.2 Å². The number of aromatic nitrogens is 3. The van der Waals surface area contributed by atoms with Gasteiger partial charge in [0.25, 0.3) is 0 Å². The molecule has 29 heavy (non-hydrogen) atoms. The summed E-state index contributed by atoms with van der Waals surface area (Å²) in [6, 6.07) is 7.84. The molecule has 1 aliphatic heterocycles. The Labute approximate surface area is 167 Å². The number of benzene rings is 1. The van der Waals surface area contributed by atoms with Crippen LogP contribution < -0.4 is 9.80 Å². The van der Waals surface area contributed by atoms with Crippen LogP contribution >= 0.6 is 0 Å². The highest BCUT2D eigenvalue weighted by molar-refractivity contribution is 5.79. The van der Waals surface area contributed by atoms with Gasteiger partial charge in [-0.2, -0.15) is 5.10 Å². The predicted molar refractivity (Wildman–Crippen MR) is 106 cm³/mol. The Kier molecular flexibility index (Phi) is 5.42. The quantitative estimate of drug-likeness (QED) is 0.454. The fourth-order valence-electron chi connectivity index (χ4n) is 3.64. The standard InChI is InChI=1S/C21H22F3N5/c1-14-10-15(27-26-14)6-3-2-4-9-28-13-29(21-19(28)7-5-8-25-21)16-11-17(22)20(24)18(23)12-16/h5,7-8,10-12H,2-4,6,9,13H2,1H3,(H,26,27). The minimum Gasteiger partial charge on any atom is -0.350 e. The molecule has 1 aliphatic rings. The molecule has 3 aromatic rings. The third-order valence-electron chi connectivity index (χ3n) is 5.07. The number of nitrogens with one attached hydrogen (secondary N) is 1. The molecule has 5 nitrogen and oxygen atoms in total. The molecule has 1 aromatic carbocycles. The number of hydrogen-bond donors (Lipinski definition) is 1. The Bertz CT molecular complexity index is 980. The summed E-state index contributed by atoms with van der Waals surface area (Å²) in [7, 11) is 0. The maximum atomic E-state index is 13.7. The summed E-state index contributed by atoms with van der Waals surface area (Å²) in [4.78, 5) is 8.20. The molecule has 3 heterocycles. The summed E-state index contributed by atoms with van der Waals surface area (Å²) < 4.78 is 40.8. The summed E-state index contributed by atoms with van der Waals surface area (Å²) in [5, 5.41) is 7.20. The van der Waals surface area contributed by atoms with E-state index in [0.717, 1.165) is 61.4 Å². The zero-order valence-corrected chi connectivity index (χ0v) is 16.1. The van der Waals surface area contributed by atoms with E-state index in [1.807, 2.05) is 19.1 Å². The van der Waals surface area contributed by atoms with Gasteiger partial charge in [0.15, 0.2) is 23.3 Å². The Morgan fingerprint density at radius 3 is 2.59 bits per heavy atom. The molecule has 0 amide bonds. The summed E-state index contributed by atoms with van der Waals surface area (Å²) in [6.07, 6.45) is 5.62. The van der Waals surface area contributed by atoms with Crippen LogP contribution in [0.15, 0.2) is 36.5 Å². The summed E-state index contributed by atoms with van der Waals surface area (Å²) in [5.41, 5.74) is 3.29. The highest BCUT2D eigenvalue weighted by atomic mass is 19.2. The van der Waals surface area contributed by atoms with Crippen molar-refractivity contribution in [1.29, 1.82) is 0 Å². The van der Waals surface area contributed by atoms with Gasteiger partial charge in [0.1, 0.15) is 0 Å². The van der Waals surface area contributed by atoms with Gasteiger partial charge in [0.2, 0.25) is 0 Å². The average molecular weight is 401 g/mol. The number of unbranched alkanes of at least 4 members (excludes halogenated alkanes) is 2. The monoisotopic (exact) mass is 401 g/mol. The van der Waals surface area contributed by atoms with Crippen LogP contribution in [0.3, 0.4) is 0 Å². The molecule has 0 saturated carbocycles. The van der Waals surface area contributed by atoms with Crippen LogP contribution in [0, 0.1) is 24.4 Å². The number of aromatic amines is 1. The topological polar surface area (TPSA) is 48.1 Å². The van der Waals surface area contributed by atoms with E-state index in [2.05, 4.69) is 26.1 Å². The van der Waals surface area contributed by atoms with Crippen molar-refractivity contribution in [2.75, 3.05) is 23.0 Å². The number of hydrogen-bond acceptors (Lipinski definition) is 4. The lowest BCUT2D eigenvalue weighted by atomic mass is 10.1. The Hall–Kier alpha value is -3.03. The Morgan fingerprint density at radius 1 is 1.07 bits per heavy atom. The van der Waals surface area contributed by atoms with Gasteiger partial charge in [-0.15, -0.1) is 0 Å². The molecular weight excluding hydrogens is 379 g/mol. The van der Waals surface area contributed by atoms with Crippen molar-refractivity contribution in [3.05, 3.63) is 65.4 Å². The zero-order chi connectivity index (χ0) is 20.4. The lowest BCUT2D eigenvalue weighted by molar-refractivity contribution is 0.447. The first kappa shape index (κ1) is 19.3. The van der Waals surface area contributed by atoms with Crippen LogP contribution in [0.25, 0.3) is 0 Å². The maximum Gasteiger partial charge on any atom is 0.194 e. The number of aryl methyl sites for hydroxylation is 2. The highest BCUT2D eigenvalue weighted by Gasteiger charge is 2.29. The van der Waals surface area contributed by atoms with Gasteiger partial charge in [0.05, 0.1) is 23.7 Å². The number of nitrogens with zero attached hydrogens (tertiary/aromatic N) is 4. The van der Waals surface area contributed by atoms with E-state index in [9.17, 15) is 13.2 Å². The number of rotatable bonds is 7. The third-order valence-corrected chi connectivity index (χ3v) is 5.07. The van der Waals surface area contributed by atoms with Crippen molar-refractivity contribution in [2.24, 2.45) is 0 Å². The second-order valence-corrected chi connectivity index (χ2v) is 7.26. The third kappa shape index (κ3) is 4.06. The van der Waals surface area contributed by atoms with Crippen molar-refractivity contribution < 1.29 is 13.2 Å². The van der Waals surface area contributed by atoms with Gasteiger partial charge in [-0.3, -0.25) is 5.10 Å². The van der Waals surface area contributed by atoms with Crippen molar-refractivity contribution in [1.82, 2.24) is 15.2 Å². The molecule has 0 saturated heterocycles. The molecule has 0 aliphatic carbocycles. The van der Waals surface area contributed by atoms with Gasteiger partial charge in [-0.05, 0) is 44.4 Å². The number of fused-ring (bicyclic) bond motifs is 1. The molecule has 2 aromatic heterocycles. The predicted octanol–water partition coefficient (Wildman–Crippen LogP) is 4.86. The van der Waals surface area contributed by atoms with Crippen LogP contribution in [-0.4, -0.2) is 28.4 Å². The Morgan fingerprint density at radius 2 is 1.86 bits per heavy atom. The van der Waals surface area contributed by atoms with E-state index < -0.39 is 17.5 Å². The largest absolute Gasteiger partial charge is 0.350 e. The SMILES string of the molecule is Cc1cc(CCCCCN2CN(c3cc(F)c(F)c(F)c3)c3ncccc32)n[nH]1. The molecular formula is C21H22F3N5. The molecule has 0 radical (unpaired) electrons. The van der Waals surface area contributed by atoms with Crippen LogP contribution in [-0.2, 0) is 6.42 Å². The van der Waals surface area contributed by atoms with Crippen LogP contribution in [0.1, 0.15) is 30.7 Å². The van der Waals surface area contributed by atoms with E-state index in [1.54, 1.807) is 11.1 Å². The van der Waals surface area contributed by atoms with Crippen molar-refractivity contribution in [2.45, 2.75) is 32.6 Å². The second-order valence-electron chi connectivity index (χ2n) is 7.26. The van der Waals surface area contributed by atoms with E-state index in [0.29, 0.717) is 12.5 Å². The molecule has 0 atom stereocenters. The van der Waals surface area contributed by atoms with Crippen LogP contribution in [0.5, 0.6) is 0 Å². The van der Waals surface area contributed by atoms with E-state index in [-0.39, 0.29) is 5.69 Å². The molecule has 0 bridgehead atoms. The minimum absolute atomic E-state index is 0.248. The first-order valence-corrected chi connectivity index (χ1v) is 9.66. The maximum absolute atomic E-state index is 13.7. The van der Waals surface area contributed by atoms with Crippen molar-refractivity contribution in [3.63, 3.8) is 0 Å². The fourth-order valence-corrected chi connectivity index (χ4v) is 3.64. The van der Waals surface area contributed by atoms with Crippen molar-refractivity contribution >= 4 is 17.2 Å². The van der Waals surface area contributed by atoms with Gasteiger partial charge in [-0.1, -0.05) is 6.42 Å². The van der Waals surface area contributed by atoms with E-state index in [1.165, 1.54) is 0 Å². The Balaban J connectivity index is 1.40. The molecule has 1 N–H and O–H groups in total. The zero-order valence-electron chi connectivity index (χ0n) is 16.1. The highest BCUT2D eigenvalue weighted by Crippen LogP contribution is 2.39. The average Bonchev–Trinajstić information content (AvgIpc) is 3.29. The second kappa shape index (κ2) is 8.14. The number of H-pyrrole nitrogens is 1. The van der Waals surface area contributed by atoms with Gasteiger partial charge in [0, 0.05) is 30.6 Å². The van der Waals surface area contributed by atoms with E-state index >= 15 is 0 Å². The summed E-state index contributed by atoms with van der Waals surface area (Å²) >= 11 is 0. The minimum atomic E-state index is -1.46. The first-order valence-electron chi connectivity index (χ1n) is 9.66. The fraction of sp³-hybridized carbons (Fsp3) is 0.333. The molecule has 0 fully saturated rings.